The number of hydrogen-bond donors (Lipinski definition) is 0. The van der Waals surface area contributed by atoms with Gasteiger partial charge in [0, 0.05) is 31.4 Å². The first-order chi connectivity index (χ1) is 11.3. The van der Waals surface area contributed by atoms with Crippen molar-refractivity contribution in [2.45, 2.75) is 25.7 Å². The Hall–Kier alpha value is -2.04. The first-order valence-electron chi connectivity index (χ1n) is 8.35. The summed E-state index contributed by atoms with van der Waals surface area (Å²) in [6.45, 7) is 3.15. The summed E-state index contributed by atoms with van der Waals surface area (Å²) in [4.78, 5) is 17.6. The Morgan fingerprint density at radius 3 is 2.96 bits per heavy atom. The molecule has 5 heteroatoms. The van der Waals surface area contributed by atoms with E-state index in [1.165, 1.54) is 18.2 Å². The number of amides is 1. The molecule has 1 aromatic rings. The maximum Gasteiger partial charge on any atom is 0.409 e. The van der Waals surface area contributed by atoms with Gasteiger partial charge in [-0.2, -0.15) is 0 Å². The molecule has 1 amide bonds. The van der Waals surface area contributed by atoms with Gasteiger partial charge in [0.2, 0.25) is 0 Å². The molecule has 0 atom stereocenters. The molecule has 3 rings (SSSR count). The molecular formula is C18H24N2O3. The van der Waals surface area contributed by atoms with E-state index < -0.39 is 0 Å². The molecule has 23 heavy (non-hydrogen) atoms. The smallest absolute Gasteiger partial charge is 0.409 e. The fourth-order valence-corrected chi connectivity index (χ4v) is 3.31. The molecule has 5 nitrogen and oxygen atoms in total. The van der Waals surface area contributed by atoms with Gasteiger partial charge in [0.25, 0.3) is 0 Å². The highest BCUT2D eigenvalue weighted by molar-refractivity contribution is 5.84. The maximum atomic E-state index is 11.5. The lowest BCUT2D eigenvalue weighted by molar-refractivity contribution is 0.102. The van der Waals surface area contributed by atoms with Gasteiger partial charge in [0.05, 0.1) is 13.7 Å². The standard InChI is InChI=1S/C18H24N2O3/c1-22-18(21)20-10-6-14(7-11-20)8-12-23-17-4-2-3-15-13-19-9-5-16(15)17/h2-4,13-14H,5-12H2,1H3. The number of ether oxygens (including phenoxy) is 2. The van der Waals surface area contributed by atoms with Gasteiger partial charge in [-0.15, -0.1) is 0 Å². The minimum atomic E-state index is -0.211. The van der Waals surface area contributed by atoms with Crippen molar-refractivity contribution in [2.75, 3.05) is 33.4 Å². The number of likely N-dealkylation sites (tertiary alicyclic amines) is 1. The molecule has 0 aromatic heterocycles. The number of benzene rings is 1. The third kappa shape index (κ3) is 3.84. The zero-order valence-corrected chi connectivity index (χ0v) is 13.7. The molecule has 1 fully saturated rings. The molecule has 124 valence electrons. The molecule has 0 bridgehead atoms. The summed E-state index contributed by atoms with van der Waals surface area (Å²) in [6.07, 6.45) is 5.77. The van der Waals surface area contributed by atoms with E-state index in [9.17, 15) is 4.79 Å². The minimum absolute atomic E-state index is 0.211. The monoisotopic (exact) mass is 316 g/mol. The van der Waals surface area contributed by atoms with E-state index in [1.807, 2.05) is 12.3 Å². The summed E-state index contributed by atoms with van der Waals surface area (Å²) in [5, 5.41) is 0. The van der Waals surface area contributed by atoms with Gasteiger partial charge in [-0.3, -0.25) is 4.99 Å². The summed E-state index contributed by atoms with van der Waals surface area (Å²) < 4.78 is 10.8. The average Bonchev–Trinajstić information content (AvgIpc) is 2.62. The Balaban J connectivity index is 1.46. The number of piperidine rings is 1. The summed E-state index contributed by atoms with van der Waals surface area (Å²) >= 11 is 0. The van der Waals surface area contributed by atoms with Crippen LogP contribution in [0.15, 0.2) is 23.2 Å². The number of hydrogen-bond acceptors (Lipinski definition) is 4. The van der Waals surface area contributed by atoms with Crippen molar-refractivity contribution >= 4 is 12.3 Å². The van der Waals surface area contributed by atoms with E-state index in [1.54, 1.807) is 4.90 Å². The van der Waals surface area contributed by atoms with Crippen LogP contribution in [0.2, 0.25) is 0 Å². The first-order valence-corrected chi connectivity index (χ1v) is 8.35. The van der Waals surface area contributed by atoms with Crippen LogP contribution in [0.5, 0.6) is 5.75 Å². The van der Waals surface area contributed by atoms with E-state index in [2.05, 4.69) is 17.1 Å². The van der Waals surface area contributed by atoms with Crippen molar-refractivity contribution in [3.63, 3.8) is 0 Å². The van der Waals surface area contributed by atoms with Gasteiger partial charge in [-0.1, -0.05) is 12.1 Å². The van der Waals surface area contributed by atoms with Crippen LogP contribution in [0, 0.1) is 5.92 Å². The molecule has 0 N–H and O–H groups in total. The molecule has 0 spiro atoms. The number of nitrogens with zero attached hydrogens (tertiary/aromatic N) is 2. The lowest BCUT2D eigenvalue weighted by atomic mass is 9.94. The summed E-state index contributed by atoms with van der Waals surface area (Å²) in [5.74, 6) is 1.62. The zero-order valence-electron chi connectivity index (χ0n) is 13.7. The quantitative estimate of drug-likeness (QED) is 0.858. The van der Waals surface area contributed by atoms with E-state index in [-0.39, 0.29) is 6.09 Å². The maximum absolute atomic E-state index is 11.5. The molecule has 0 unspecified atom stereocenters. The van der Waals surface area contributed by atoms with Crippen LogP contribution in [0.3, 0.4) is 0 Å². The van der Waals surface area contributed by atoms with Gasteiger partial charge in [0.15, 0.2) is 0 Å². The normalized spacial score (nSPS) is 17.7. The zero-order chi connectivity index (χ0) is 16.1. The van der Waals surface area contributed by atoms with Gasteiger partial charge in [-0.05, 0) is 43.2 Å². The summed E-state index contributed by atoms with van der Waals surface area (Å²) in [6, 6.07) is 6.17. The number of carbonyl (C=O) groups is 1. The Kier molecular flexibility index (Phi) is 5.16. The van der Waals surface area contributed by atoms with Crippen LogP contribution in [0.1, 0.15) is 30.4 Å². The van der Waals surface area contributed by atoms with Crippen molar-refractivity contribution in [3.05, 3.63) is 29.3 Å². The lowest BCUT2D eigenvalue weighted by Crippen LogP contribution is -2.38. The van der Waals surface area contributed by atoms with Crippen LogP contribution < -0.4 is 4.74 Å². The Bertz CT molecular complexity index is 578. The predicted molar refractivity (Wildman–Crippen MR) is 89.4 cm³/mol. The fourth-order valence-electron chi connectivity index (χ4n) is 3.31. The average molecular weight is 316 g/mol. The summed E-state index contributed by atoms with van der Waals surface area (Å²) in [5.41, 5.74) is 2.46. The van der Waals surface area contributed by atoms with E-state index in [0.29, 0.717) is 5.92 Å². The molecular weight excluding hydrogens is 292 g/mol. The molecule has 2 aliphatic heterocycles. The van der Waals surface area contributed by atoms with Crippen molar-refractivity contribution < 1.29 is 14.3 Å². The number of carbonyl (C=O) groups excluding carboxylic acids is 1. The molecule has 0 aliphatic carbocycles. The van der Waals surface area contributed by atoms with Crippen LogP contribution in [0.25, 0.3) is 0 Å². The van der Waals surface area contributed by atoms with E-state index in [0.717, 1.165) is 57.7 Å². The summed E-state index contributed by atoms with van der Waals surface area (Å²) in [7, 11) is 1.44. The minimum Gasteiger partial charge on any atom is -0.493 e. The topological polar surface area (TPSA) is 51.1 Å². The highest BCUT2D eigenvalue weighted by Gasteiger charge is 2.23. The van der Waals surface area contributed by atoms with Crippen molar-refractivity contribution in [2.24, 2.45) is 10.9 Å². The van der Waals surface area contributed by atoms with E-state index >= 15 is 0 Å². The number of aliphatic imine (C=N–C) groups is 1. The number of methoxy groups -OCH3 is 1. The molecule has 2 aliphatic rings. The third-order valence-electron chi connectivity index (χ3n) is 4.72. The highest BCUT2D eigenvalue weighted by Crippen LogP contribution is 2.26. The molecule has 1 aromatic carbocycles. The number of fused-ring (bicyclic) bond motifs is 1. The fraction of sp³-hybridized carbons (Fsp3) is 0.556. The van der Waals surface area contributed by atoms with Crippen LogP contribution >= 0.6 is 0 Å². The predicted octanol–water partition coefficient (Wildman–Crippen LogP) is 2.91. The van der Waals surface area contributed by atoms with Crippen LogP contribution in [-0.2, 0) is 11.2 Å². The first kappa shape index (κ1) is 15.8. The number of rotatable bonds is 4. The SMILES string of the molecule is COC(=O)N1CCC(CCOc2cccc3c2CCN=C3)CC1. The van der Waals surface area contributed by atoms with Crippen LogP contribution in [0.4, 0.5) is 4.79 Å². The Labute approximate surface area is 137 Å². The third-order valence-corrected chi connectivity index (χ3v) is 4.72. The second-order valence-corrected chi connectivity index (χ2v) is 6.15. The second kappa shape index (κ2) is 7.49. The molecule has 0 radical (unpaired) electrons. The molecule has 2 heterocycles. The van der Waals surface area contributed by atoms with Crippen LogP contribution in [-0.4, -0.2) is 50.6 Å². The second-order valence-electron chi connectivity index (χ2n) is 6.15. The van der Waals surface area contributed by atoms with E-state index in [4.69, 9.17) is 9.47 Å². The van der Waals surface area contributed by atoms with Crippen molar-refractivity contribution in [1.82, 2.24) is 4.90 Å². The molecule has 0 saturated carbocycles. The Morgan fingerprint density at radius 1 is 1.35 bits per heavy atom. The van der Waals surface area contributed by atoms with Gasteiger partial charge < -0.3 is 14.4 Å². The Morgan fingerprint density at radius 2 is 2.17 bits per heavy atom. The van der Waals surface area contributed by atoms with Gasteiger partial charge in [-0.25, -0.2) is 4.79 Å². The van der Waals surface area contributed by atoms with Gasteiger partial charge in [0.1, 0.15) is 5.75 Å². The van der Waals surface area contributed by atoms with Crippen molar-refractivity contribution in [3.8, 4) is 5.75 Å². The largest absolute Gasteiger partial charge is 0.493 e. The van der Waals surface area contributed by atoms with Crippen molar-refractivity contribution in [1.29, 1.82) is 0 Å². The molecule has 1 saturated heterocycles. The lowest BCUT2D eigenvalue weighted by Gasteiger charge is -2.30. The highest BCUT2D eigenvalue weighted by atomic mass is 16.5. The van der Waals surface area contributed by atoms with Gasteiger partial charge >= 0.3 is 6.09 Å².